The van der Waals surface area contributed by atoms with Crippen molar-refractivity contribution < 1.29 is 0 Å². The largest absolute Gasteiger partial charge is 0.316 e. The fourth-order valence-electron chi connectivity index (χ4n) is 26.5. The monoisotopic (exact) mass is 1300 g/mol. The quantitative estimate of drug-likeness (QED) is 0.117. The van der Waals surface area contributed by atoms with Crippen molar-refractivity contribution in [2.75, 3.05) is 72.0 Å². The van der Waals surface area contributed by atoms with Crippen molar-refractivity contribution in [1.29, 1.82) is 0 Å². The van der Waals surface area contributed by atoms with E-state index in [-0.39, 0.29) is 0 Å². The first-order valence-electron chi connectivity index (χ1n) is 42.7. The molecule has 0 aromatic carbocycles. The average Bonchev–Trinajstić information content (AvgIpc) is 1.58. The zero-order valence-electron chi connectivity index (χ0n) is 63.3. The lowest BCUT2D eigenvalue weighted by Crippen LogP contribution is -2.49. The molecule has 12 heterocycles. The molecular formula is C85H155N9. The highest BCUT2D eigenvalue weighted by atomic mass is 15.0. The number of hydrogen-bond donors (Lipinski definition) is 9. The molecular weight excluding hydrogens is 1150 g/mol. The molecule has 13 saturated carbocycles. The second kappa shape index (κ2) is 31.7. The van der Waals surface area contributed by atoms with E-state index in [9.17, 15) is 0 Å². The van der Waals surface area contributed by atoms with E-state index in [0.29, 0.717) is 32.5 Å². The van der Waals surface area contributed by atoms with Crippen LogP contribution in [0.15, 0.2) is 0 Å². The first-order valence-corrected chi connectivity index (χ1v) is 42.7. The summed E-state index contributed by atoms with van der Waals surface area (Å²) in [5.74, 6) is 15.2. The first kappa shape index (κ1) is 72.0. The fraction of sp³-hybridized carbons (Fsp3) is 1.00. The molecule has 94 heavy (non-hydrogen) atoms. The van der Waals surface area contributed by atoms with E-state index in [4.69, 9.17) is 0 Å². The Kier molecular flexibility index (Phi) is 24.3. The minimum absolute atomic E-state index is 0.533. The lowest BCUT2D eigenvalue weighted by atomic mass is 9.56. The molecule has 25 fully saturated rings. The molecule has 0 spiro atoms. The second-order valence-electron chi connectivity index (χ2n) is 41.4. The van der Waals surface area contributed by atoms with Crippen molar-refractivity contribution in [2.24, 2.45) is 115 Å². The van der Waals surface area contributed by atoms with Crippen LogP contribution in [0, 0.1) is 115 Å². The third kappa shape index (κ3) is 18.5. The lowest BCUT2D eigenvalue weighted by molar-refractivity contribution is 0.0198. The number of fused-ring (bicyclic) bond motifs is 19. The summed E-state index contributed by atoms with van der Waals surface area (Å²) in [5.41, 5.74) is 3.48. The van der Waals surface area contributed by atoms with Gasteiger partial charge in [-0.2, -0.15) is 0 Å². The van der Waals surface area contributed by atoms with E-state index in [1.165, 1.54) is 282 Å². The van der Waals surface area contributed by atoms with E-state index in [1.807, 2.05) is 0 Å². The first-order chi connectivity index (χ1) is 45.2. The van der Waals surface area contributed by atoms with Gasteiger partial charge in [0.25, 0.3) is 0 Å². The Balaban J connectivity index is 0.0000000952. The minimum atomic E-state index is 0.533. The van der Waals surface area contributed by atoms with Crippen LogP contribution < -0.4 is 47.9 Å². The normalized spacial score (nSPS) is 48.4. The molecule has 13 aliphatic carbocycles. The average molecular weight is 1300 g/mol. The summed E-state index contributed by atoms with van der Waals surface area (Å²) in [6, 6.07) is 6.18. The van der Waals surface area contributed by atoms with Crippen molar-refractivity contribution in [1.82, 2.24) is 47.9 Å². The maximum atomic E-state index is 3.70. The number of piperidine rings is 4. The van der Waals surface area contributed by atoms with Gasteiger partial charge < -0.3 is 47.9 Å². The maximum Gasteiger partial charge on any atom is 0.0124 e. The van der Waals surface area contributed by atoms with Gasteiger partial charge in [0.05, 0.1) is 0 Å². The second-order valence-corrected chi connectivity index (χ2v) is 41.4. The van der Waals surface area contributed by atoms with Gasteiger partial charge in [0, 0.05) is 61.9 Å². The van der Waals surface area contributed by atoms with Crippen LogP contribution in [0.3, 0.4) is 0 Å². The van der Waals surface area contributed by atoms with Crippen LogP contribution in [0.4, 0.5) is 0 Å². The molecule has 0 amide bonds. The number of nitrogens with one attached hydrogen (secondary N) is 9. The Morgan fingerprint density at radius 1 is 0.266 bits per heavy atom. The standard InChI is InChI=1S/C10H17N.3C10H19N.C10H16.C8H15N.3C7H13N.C6H11N/c1-7-2-9-3-8(1)5-10(4-7)11-6-9;1-9(2)4-8-5-10(3,6-9)7-11-8;1-9(2)8-4-5-10(9,3)7-11-6-8;1-9(2)8-5-4-6-10(9,3)7-11-8;1-7-2-9-4-8(1)5-10(3-7)6-9;1-2-8-4-3-7(1)5-9-6-8;1-2-7-3-6(1)4-8-5-7;1-2-6-4-7(3-1)8-5-6;1-2-6-4-5-7(3-1)8-6;1-2-6-3-5(1)4-7-6/h7-11H,1-6H2;3*8,11H,4-7H2,1-3H3;7-10H,1-6H2;7-9H,1-6H2;3*6-8H,1-5H2;5-7H,1-4H2. The molecule has 24 bridgehead atoms. The van der Waals surface area contributed by atoms with Crippen molar-refractivity contribution in [3.8, 4) is 0 Å². The van der Waals surface area contributed by atoms with Gasteiger partial charge in [-0.3, -0.25) is 0 Å². The van der Waals surface area contributed by atoms with E-state index >= 15 is 0 Å². The van der Waals surface area contributed by atoms with Gasteiger partial charge in [-0.15, -0.1) is 0 Å². The summed E-state index contributed by atoms with van der Waals surface area (Å²) in [6.45, 7) is 36.0. The molecule has 0 aromatic heterocycles. The lowest BCUT2D eigenvalue weighted by Gasteiger charge is -2.49. The Bertz CT molecular complexity index is 2030. The van der Waals surface area contributed by atoms with Gasteiger partial charge in [-0.05, 0) is 392 Å². The summed E-state index contributed by atoms with van der Waals surface area (Å²) in [5, 5.41) is 32.0. The van der Waals surface area contributed by atoms with Crippen molar-refractivity contribution in [3.05, 3.63) is 0 Å². The third-order valence-corrected chi connectivity index (χ3v) is 32.6. The molecule has 25 rings (SSSR count). The highest BCUT2D eigenvalue weighted by Crippen LogP contribution is 2.58. The maximum absolute atomic E-state index is 3.70. The Labute approximate surface area is 580 Å². The van der Waals surface area contributed by atoms with E-state index in [2.05, 4.69) is 110 Å². The summed E-state index contributed by atoms with van der Waals surface area (Å²) in [6.07, 6.45) is 56.6. The Morgan fingerprint density at radius 2 is 0.713 bits per heavy atom. The van der Waals surface area contributed by atoms with Gasteiger partial charge >= 0.3 is 0 Å². The third-order valence-electron chi connectivity index (χ3n) is 32.6. The Hall–Kier alpha value is -0.360. The molecule has 25 aliphatic rings. The van der Waals surface area contributed by atoms with E-state index in [1.54, 1.807) is 57.8 Å². The molecule has 9 heteroatoms. The van der Waals surface area contributed by atoms with Crippen molar-refractivity contribution in [3.63, 3.8) is 0 Å². The molecule has 0 aromatic rings. The summed E-state index contributed by atoms with van der Waals surface area (Å²) in [4.78, 5) is 0. The zero-order valence-corrected chi connectivity index (χ0v) is 63.3. The molecule has 16 atom stereocenters. The van der Waals surface area contributed by atoms with Crippen molar-refractivity contribution in [2.45, 2.75) is 349 Å². The summed E-state index contributed by atoms with van der Waals surface area (Å²) >= 11 is 0. The topological polar surface area (TPSA) is 108 Å². The van der Waals surface area contributed by atoms with Crippen LogP contribution >= 0.6 is 0 Å². The summed E-state index contributed by atoms with van der Waals surface area (Å²) < 4.78 is 0. The summed E-state index contributed by atoms with van der Waals surface area (Å²) in [7, 11) is 0. The van der Waals surface area contributed by atoms with Crippen LogP contribution in [0.2, 0.25) is 0 Å². The highest BCUT2D eigenvalue weighted by Gasteiger charge is 2.55. The van der Waals surface area contributed by atoms with E-state index < -0.39 is 0 Å². The molecule has 540 valence electrons. The van der Waals surface area contributed by atoms with Crippen LogP contribution in [0.5, 0.6) is 0 Å². The Morgan fingerprint density at radius 3 is 1.20 bits per heavy atom. The molecule has 16 unspecified atom stereocenters. The predicted molar refractivity (Wildman–Crippen MR) is 398 cm³/mol. The van der Waals surface area contributed by atoms with Gasteiger partial charge in [0.2, 0.25) is 0 Å². The number of hydrogen-bond acceptors (Lipinski definition) is 9. The van der Waals surface area contributed by atoms with Crippen LogP contribution in [-0.2, 0) is 0 Å². The minimum Gasteiger partial charge on any atom is -0.316 e. The van der Waals surface area contributed by atoms with Crippen molar-refractivity contribution >= 4 is 0 Å². The SMILES string of the molecule is C1C2CC3CC1CC(C2)C3.C1CC2CC1CN2.C1CC2CCC(C1)N2.C1CC2CCC1CNC2.C1CC2CNC(C1)C2.C1CC2CNCC1C2.C1NC2CC3CC1CC(C3)C2.CC1(C)CC2CC(C)(CN2)C1.CC12CCC(CNC1)C2(C)C.CC12CCCC(NC1)C2(C)C. The van der Waals surface area contributed by atoms with Crippen LogP contribution in [-0.4, -0.2) is 114 Å². The van der Waals surface area contributed by atoms with Gasteiger partial charge in [-0.25, -0.2) is 0 Å². The smallest absolute Gasteiger partial charge is 0.0124 e. The molecule has 0 radical (unpaired) electrons. The van der Waals surface area contributed by atoms with Crippen LogP contribution in [0.25, 0.3) is 0 Å². The van der Waals surface area contributed by atoms with Gasteiger partial charge in [0.1, 0.15) is 0 Å². The van der Waals surface area contributed by atoms with Gasteiger partial charge in [0.15, 0.2) is 0 Å². The molecule has 9 N–H and O–H groups in total. The molecule has 9 nitrogen and oxygen atoms in total. The van der Waals surface area contributed by atoms with Crippen LogP contribution in [0.1, 0.15) is 306 Å². The fourth-order valence-corrected chi connectivity index (χ4v) is 26.5. The predicted octanol–water partition coefficient (Wildman–Crippen LogP) is 16.6. The molecule has 12 aliphatic heterocycles. The molecule has 12 saturated heterocycles. The van der Waals surface area contributed by atoms with E-state index in [0.717, 1.165) is 101 Å². The van der Waals surface area contributed by atoms with Gasteiger partial charge in [-0.1, -0.05) is 81.6 Å². The highest BCUT2D eigenvalue weighted by molar-refractivity contribution is 5.08. The number of rotatable bonds is 0. The zero-order chi connectivity index (χ0) is 65.1.